The molecule has 1 aromatic carbocycles. The van der Waals surface area contributed by atoms with Gasteiger partial charge in [0.2, 0.25) is 0 Å². The van der Waals surface area contributed by atoms with Gasteiger partial charge in [0.1, 0.15) is 0 Å². The second-order valence-electron chi connectivity index (χ2n) is 4.37. The summed E-state index contributed by atoms with van der Waals surface area (Å²) in [6.07, 6.45) is -0.683. The highest BCUT2D eigenvalue weighted by atomic mass is 79.9. The zero-order valence-corrected chi connectivity index (χ0v) is 12.2. The predicted octanol–water partition coefficient (Wildman–Crippen LogP) is 4.06. The van der Waals surface area contributed by atoms with Gasteiger partial charge < -0.3 is 10.3 Å². The van der Waals surface area contributed by atoms with Crippen LogP contribution in [0.1, 0.15) is 30.6 Å². The van der Waals surface area contributed by atoms with Crippen LogP contribution in [0, 0.1) is 0 Å². The minimum atomic E-state index is -4.39. The monoisotopic (exact) mass is 347 g/mol. The molecule has 0 amide bonds. The average Bonchev–Trinajstić information content (AvgIpc) is 2.86. The molecule has 0 aliphatic rings. The van der Waals surface area contributed by atoms with Crippen molar-refractivity contribution in [1.82, 2.24) is 9.55 Å². The lowest BCUT2D eigenvalue weighted by Gasteiger charge is -2.16. The zero-order valence-electron chi connectivity index (χ0n) is 10.7. The normalized spacial score (nSPS) is 13.5. The largest absolute Gasteiger partial charge is 0.416 e. The van der Waals surface area contributed by atoms with Gasteiger partial charge >= 0.3 is 6.18 Å². The minimum absolute atomic E-state index is 0.279. The fourth-order valence-electron chi connectivity index (χ4n) is 1.86. The third-order valence-corrected chi connectivity index (χ3v) is 3.69. The van der Waals surface area contributed by atoms with Gasteiger partial charge in [-0.05, 0) is 40.5 Å². The molecule has 0 unspecified atom stereocenters. The SMILES string of the molecule is CC[C@@H](N)c1cncn1-c1cc(C(F)(F)F)ccc1Br. The molecule has 0 saturated carbocycles. The molecule has 1 atom stereocenters. The standard InChI is InChI=1S/C13H13BrF3N3/c1-2-10(18)12-6-19-7-20(12)11-5-8(13(15,16)17)3-4-9(11)14/h3-7,10H,2,18H2,1H3/t10-/m1/s1. The number of hydrogen-bond donors (Lipinski definition) is 1. The van der Waals surface area contributed by atoms with Gasteiger partial charge in [0.15, 0.2) is 0 Å². The number of rotatable bonds is 3. The molecule has 1 heterocycles. The molecule has 0 radical (unpaired) electrons. The number of aromatic nitrogens is 2. The number of halogens is 4. The van der Waals surface area contributed by atoms with E-state index < -0.39 is 11.7 Å². The molecule has 0 saturated heterocycles. The molecule has 0 spiro atoms. The molecular formula is C13H13BrF3N3. The quantitative estimate of drug-likeness (QED) is 0.909. The van der Waals surface area contributed by atoms with Crippen molar-refractivity contribution in [2.75, 3.05) is 0 Å². The van der Waals surface area contributed by atoms with Crippen molar-refractivity contribution in [3.05, 3.63) is 46.5 Å². The second-order valence-corrected chi connectivity index (χ2v) is 5.22. The van der Waals surface area contributed by atoms with Gasteiger partial charge in [-0.1, -0.05) is 6.92 Å². The average molecular weight is 348 g/mol. The first-order valence-electron chi connectivity index (χ1n) is 5.99. The van der Waals surface area contributed by atoms with E-state index in [1.165, 1.54) is 12.4 Å². The molecule has 2 rings (SSSR count). The van der Waals surface area contributed by atoms with E-state index in [9.17, 15) is 13.2 Å². The minimum Gasteiger partial charge on any atom is -0.323 e. The highest BCUT2D eigenvalue weighted by Gasteiger charge is 2.31. The Hall–Kier alpha value is -1.34. The third-order valence-electron chi connectivity index (χ3n) is 3.02. The zero-order chi connectivity index (χ0) is 14.9. The summed E-state index contributed by atoms with van der Waals surface area (Å²) < 4.78 is 40.5. The molecular weight excluding hydrogens is 335 g/mol. The summed E-state index contributed by atoms with van der Waals surface area (Å²) >= 11 is 3.27. The van der Waals surface area contributed by atoms with Crippen LogP contribution < -0.4 is 5.73 Å². The van der Waals surface area contributed by atoms with E-state index in [4.69, 9.17) is 5.73 Å². The van der Waals surface area contributed by atoms with Crippen LogP contribution in [-0.2, 0) is 6.18 Å². The number of imidazole rings is 1. The van der Waals surface area contributed by atoms with Gasteiger partial charge in [-0.15, -0.1) is 0 Å². The lowest BCUT2D eigenvalue weighted by Crippen LogP contribution is -2.14. The van der Waals surface area contributed by atoms with Gasteiger partial charge in [0.25, 0.3) is 0 Å². The molecule has 0 fully saturated rings. The van der Waals surface area contributed by atoms with Crippen molar-refractivity contribution in [1.29, 1.82) is 0 Å². The summed E-state index contributed by atoms with van der Waals surface area (Å²) in [4.78, 5) is 3.98. The predicted molar refractivity (Wildman–Crippen MR) is 73.5 cm³/mol. The van der Waals surface area contributed by atoms with Gasteiger partial charge in [-0.3, -0.25) is 0 Å². The Labute approximate surface area is 122 Å². The van der Waals surface area contributed by atoms with E-state index in [0.717, 1.165) is 12.1 Å². The fourth-order valence-corrected chi connectivity index (χ4v) is 2.30. The lowest BCUT2D eigenvalue weighted by atomic mass is 10.1. The van der Waals surface area contributed by atoms with Crippen molar-refractivity contribution < 1.29 is 13.2 Å². The van der Waals surface area contributed by atoms with E-state index in [2.05, 4.69) is 20.9 Å². The number of alkyl halides is 3. The van der Waals surface area contributed by atoms with Crippen molar-refractivity contribution in [2.45, 2.75) is 25.6 Å². The molecule has 0 aliphatic heterocycles. The van der Waals surface area contributed by atoms with E-state index in [1.807, 2.05) is 6.92 Å². The number of hydrogen-bond acceptors (Lipinski definition) is 2. The smallest absolute Gasteiger partial charge is 0.323 e. The highest BCUT2D eigenvalue weighted by Crippen LogP contribution is 2.34. The van der Waals surface area contributed by atoms with Crippen molar-refractivity contribution in [3.63, 3.8) is 0 Å². The van der Waals surface area contributed by atoms with Crippen molar-refractivity contribution in [3.8, 4) is 5.69 Å². The Kier molecular flexibility index (Phi) is 4.19. The van der Waals surface area contributed by atoms with Crippen LogP contribution >= 0.6 is 15.9 Å². The molecule has 1 aromatic heterocycles. The third kappa shape index (κ3) is 2.88. The first-order chi connectivity index (χ1) is 9.34. The lowest BCUT2D eigenvalue weighted by molar-refractivity contribution is -0.137. The van der Waals surface area contributed by atoms with Crippen LogP contribution in [-0.4, -0.2) is 9.55 Å². The number of nitrogens with zero attached hydrogens (tertiary/aromatic N) is 2. The molecule has 108 valence electrons. The van der Waals surface area contributed by atoms with Crippen LogP contribution in [0.15, 0.2) is 35.2 Å². The van der Waals surface area contributed by atoms with Crippen LogP contribution in [0.2, 0.25) is 0 Å². The maximum atomic E-state index is 12.8. The molecule has 0 bridgehead atoms. The fraction of sp³-hybridized carbons (Fsp3) is 0.308. The van der Waals surface area contributed by atoms with Crippen LogP contribution in [0.25, 0.3) is 5.69 Å². The van der Waals surface area contributed by atoms with Gasteiger partial charge in [-0.2, -0.15) is 13.2 Å². The molecule has 3 nitrogen and oxygen atoms in total. The summed E-state index contributed by atoms with van der Waals surface area (Å²) in [5, 5.41) is 0. The summed E-state index contributed by atoms with van der Waals surface area (Å²) in [6, 6.07) is 3.21. The molecule has 7 heteroatoms. The van der Waals surface area contributed by atoms with E-state index in [-0.39, 0.29) is 6.04 Å². The van der Waals surface area contributed by atoms with E-state index in [1.54, 1.807) is 10.8 Å². The Balaban J connectivity index is 2.55. The van der Waals surface area contributed by atoms with Gasteiger partial charge in [0, 0.05) is 10.5 Å². The summed E-state index contributed by atoms with van der Waals surface area (Å²) in [6.45, 7) is 1.91. The van der Waals surface area contributed by atoms with Crippen LogP contribution in [0.5, 0.6) is 0 Å². The van der Waals surface area contributed by atoms with Gasteiger partial charge in [-0.25, -0.2) is 4.98 Å². The number of nitrogens with two attached hydrogens (primary N) is 1. The molecule has 2 aromatic rings. The van der Waals surface area contributed by atoms with E-state index >= 15 is 0 Å². The summed E-state index contributed by atoms with van der Waals surface area (Å²) in [5.41, 5.74) is 6.29. The summed E-state index contributed by atoms with van der Waals surface area (Å²) in [5.74, 6) is 0. The van der Waals surface area contributed by atoms with Crippen LogP contribution in [0.3, 0.4) is 0 Å². The molecule has 20 heavy (non-hydrogen) atoms. The Morgan fingerprint density at radius 2 is 2.10 bits per heavy atom. The van der Waals surface area contributed by atoms with Crippen LogP contribution in [0.4, 0.5) is 13.2 Å². The number of benzene rings is 1. The maximum absolute atomic E-state index is 12.8. The highest BCUT2D eigenvalue weighted by molar-refractivity contribution is 9.10. The molecule has 0 aliphatic carbocycles. The Morgan fingerprint density at radius 3 is 2.70 bits per heavy atom. The van der Waals surface area contributed by atoms with Gasteiger partial charge in [0.05, 0.1) is 29.5 Å². The first kappa shape index (κ1) is 15.1. The van der Waals surface area contributed by atoms with Crippen molar-refractivity contribution in [2.24, 2.45) is 5.73 Å². The topological polar surface area (TPSA) is 43.8 Å². The second kappa shape index (κ2) is 5.57. The molecule has 2 N–H and O–H groups in total. The first-order valence-corrected chi connectivity index (χ1v) is 6.78. The Morgan fingerprint density at radius 1 is 1.40 bits per heavy atom. The van der Waals surface area contributed by atoms with E-state index in [0.29, 0.717) is 22.3 Å². The van der Waals surface area contributed by atoms with Crippen molar-refractivity contribution >= 4 is 15.9 Å². The summed E-state index contributed by atoms with van der Waals surface area (Å²) in [7, 11) is 0. The maximum Gasteiger partial charge on any atom is 0.416 e. The Bertz CT molecular complexity index is 607.